The molecular formula is C26H28N4O4S. The molecule has 0 radical (unpaired) electrons. The Morgan fingerprint density at radius 3 is 2.66 bits per heavy atom. The second-order valence-corrected chi connectivity index (χ2v) is 9.76. The Kier molecular flexibility index (Phi) is 6.72. The van der Waals surface area contributed by atoms with Gasteiger partial charge >= 0.3 is 6.08 Å². The quantitative estimate of drug-likeness (QED) is 0.358. The largest absolute Gasteiger partial charge is 0.497 e. The molecule has 35 heavy (non-hydrogen) atoms. The van der Waals surface area contributed by atoms with Crippen molar-refractivity contribution in [2.45, 2.75) is 18.9 Å². The molecule has 0 spiro atoms. The zero-order valence-electron chi connectivity index (χ0n) is 20.0. The van der Waals surface area contributed by atoms with Gasteiger partial charge in [0.2, 0.25) is 0 Å². The van der Waals surface area contributed by atoms with Gasteiger partial charge in [0.05, 0.1) is 12.0 Å². The third kappa shape index (κ3) is 5.32. The fourth-order valence-electron chi connectivity index (χ4n) is 4.14. The lowest BCUT2D eigenvalue weighted by atomic mass is 10.1. The number of hydrogen-bond donors (Lipinski definition) is 1. The zero-order chi connectivity index (χ0) is 24.4. The van der Waals surface area contributed by atoms with Crippen molar-refractivity contribution >= 4 is 34.0 Å². The van der Waals surface area contributed by atoms with E-state index in [0.29, 0.717) is 27.7 Å². The lowest BCUT2D eigenvalue weighted by molar-refractivity contribution is -0.104. The van der Waals surface area contributed by atoms with Crippen molar-refractivity contribution in [3.05, 3.63) is 59.5 Å². The minimum atomic E-state index is -0.170. The number of piperidine rings is 1. The summed E-state index contributed by atoms with van der Waals surface area (Å²) in [4.78, 5) is 27.1. The fourth-order valence-corrected chi connectivity index (χ4v) is 5.05. The topological polar surface area (TPSA) is 80.1 Å². The lowest BCUT2D eigenvalue weighted by Gasteiger charge is -2.33. The van der Waals surface area contributed by atoms with Crippen LogP contribution in [0.3, 0.4) is 0 Å². The van der Waals surface area contributed by atoms with Crippen LogP contribution >= 0.6 is 11.3 Å². The summed E-state index contributed by atoms with van der Waals surface area (Å²) < 4.78 is 11.0. The van der Waals surface area contributed by atoms with E-state index in [-0.39, 0.29) is 12.0 Å². The number of thiophene rings is 1. The predicted molar refractivity (Wildman–Crippen MR) is 137 cm³/mol. The first-order valence-electron chi connectivity index (χ1n) is 11.5. The van der Waals surface area contributed by atoms with Crippen molar-refractivity contribution in [1.29, 1.82) is 0 Å². The Morgan fingerprint density at radius 1 is 1.14 bits per heavy atom. The molecule has 5 rings (SSSR count). The molecule has 0 atom stereocenters. The minimum Gasteiger partial charge on any atom is -0.497 e. The van der Waals surface area contributed by atoms with E-state index in [0.717, 1.165) is 42.1 Å². The number of aromatic nitrogens is 1. The average Bonchev–Trinajstić information content (AvgIpc) is 3.51. The number of anilines is 1. The van der Waals surface area contributed by atoms with E-state index in [9.17, 15) is 4.79 Å². The number of likely N-dealkylation sites (tertiary alicyclic amines) is 1. The molecule has 1 fully saturated rings. The van der Waals surface area contributed by atoms with E-state index in [1.807, 2.05) is 48.5 Å². The molecule has 2 aromatic carbocycles. The van der Waals surface area contributed by atoms with Crippen LogP contribution in [0.25, 0.3) is 21.5 Å². The number of carbonyl (C=O) groups is 1. The molecule has 0 bridgehead atoms. The number of ether oxygens (including phenoxy) is 1. The summed E-state index contributed by atoms with van der Waals surface area (Å²) in [5, 5.41) is 4.78. The monoisotopic (exact) mass is 492 g/mol. The molecule has 0 saturated carbocycles. The number of methoxy groups -OCH3 is 1. The van der Waals surface area contributed by atoms with E-state index in [1.165, 1.54) is 11.3 Å². The molecule has 1 amide bonds. The smallest absolute Gasteiger partial charge is 0.414 e. The summed E-state index contributed by atoms with van der Waals surface area (Å²) >= 11 is 1.44. The molecule has 0 unspecified atom stereocenters. The van der Waals surface area contributed by atoms with Crippen LogP contribution in [0.15, 0.2) is 59.0 Å². The number of nitrogens with zero attached hydrogens (tertiary/aromatic N) is 3. The normalized spacial score (nSPS) is 15.0. The Bertz CT molecular complexity index is 1310. The van der Waals surface area contributed by atoms with Gasteiger partial charge in [-0.15, -0.1) is 16.4 Å². The Morgan fingerprint density at radius 2 is 1.91 bits per heavy atom. The molecule has 1 aliphatic rings. The second-order valence-electron chi connectivity index (χ2n) is 8.68. The number of carbonyl (C=O) groups excluding carboxylic acids is 1. The Labute approximate surface area is 208 Å². The molecule has 8 nitrogen and oxygen atoms in total. The van der Waals surface area contributed by atoms with Gasteiger partial charge in [0.1, 0.15) is 11.3 Å². The number of hydroxylamine groups is 2. The van der Waals surface area contributed by atoms with E-state index >= 15 is 0 Å². The van der Waals surface area contributed by atoms with Crippen molar-refractivity contribution in [3.8, 4) is 22.3 Å². The highest BCUT2D eigenvalue weighted by molar-refractivity contribution is 7.17. The van der Waals surface area contributed by atoms with Crippen LogP contribution < -0.4 is 14.9 Å². The summed E-state index contributed by atoms with van der Waals surface area (Å²) in [6, 6.07) is 17.3. The van der Waals surface area contributed by atoms with Crippen LogP contribution in [0.2, 0.25) is 0 Å². The molecule has 4 aromatic rings. The summed E-state index contributed by atoms with van der Waals surface area (Å²) in [7, 11) is 5.69. The number of hydrogen-bond acceptors (Lipinski definition) is 8. The van der Waals surface area contributed by atoms with Gasteiger partial charge in [0, 0.05) is 23.7 Å². The second kappa shape index (κ2) is 10.1. The minimum absolute atomic E-state index is 0.170. The highest BCUT2D eigenvalue weighted by Crippen LogP contribution is 2.30. The van der Waals surface area contributed by atoms with Gasteiger partial charge in [-0.05, 0) is 93.1 Å². The van der Waals surface area contributed by atoms with Crippen LogP contribution in [0.4, 0.5) is 5.69 Å². The number of nitrogens with one attached hydrogen (secondary N) is 1. The van der Waals surface area contributed by atoms with Crippen LogP contribution in [-0.2, 0) is 0 Å². The molecule has 9 heteroatoms. The van der Waals surface area contributed by atoms with Gasteiger partial charge in [-0.2, -0.15) is 4.98 Å². The SMILES string of the molecule is COc1ccc(-c2ccc(C(=O)Nc3ccc4oc(ON(C)C5CCN(C)CC5)nc4c3)s2)cc1. The van der Waals surface area contributed by atoms with Crippen LogP contribution in [0.1, 0.15) is 22.5 Å². The molecule has 3 heterocycles. The molecular weight excluding hydrogens is 464 g/mol. The third-order valence-electron chi connectivity index (χ3n) is 6.25. The van der Waals surface area contributed by atoms with E-state index in [2.05, 4.69) is 22.2 Å². The highest BCUT2D eigenvalue weighted by atomic mass is 32.1. The summed E-state index contributed by atoms with van der Waals surface area (Å²) in [6.45, 7) is 2.08. The van der Waals surface area contributed by atoms with Gasteiger partial charge < -0.3 is 24.2 Å². The molecule has 182 valence electrons. The van der Waals surface area contributed by atoms with E-state index in [4.69, 9.17) is 14.0 Å². The molecule has 1 N–H and O–H groups in total. The highest BCUT2D eigenvalue weighted by Gasteiger charge is 2.23. The van der Waals surface area contributed by atoms with Crippen molar-refractivity contribution in [1.82, 2.24) is 14.9 Å². The van der Waals surface area contributed by atoms with Crippen molar-refractivity contribution in [2.24, 2.45) is 0 Å². The number of amides is 1. The predicted octanol–water partition coefficient (Wildman–Crippen LogP) is 5.14. The van der Waals surface area contributed by atoms with E-state index < -0.39 is 0 Å². The van der Waals surface area contributed by atoms with Gasteiger partial charge in [0.25, 0.3) is 5.91 Å². The number of oxazole rings is 1. The lowest BCUT2D eigenvalue weighted by Crippen LogP contribution is -2.43. The zero-order valence-corrected chi connectivity index (χ0v) is 20.8. The number of rotatable bonds is 7. The van der Waals surface area contributed by atoms with Gasteiger partial charge in [-0.3, -0.25) is 4.79 Å². The Hall–Kier alpha value is -3.40. The van der Waals surface area contributed by atoms with Crippen molar-refractivity contribution in [3.63, 3.8) is 0 Å². The fraction of sp³-hybridized carbons (Fsp3) is 0.308. The van der Waals surface area contributed by atoms with Crippen LogP contribution in [-0.4, -0.2) is 61.2 Å². The first-order valence-corrected chi connectivity index (χ1v) is 12.4. The van der Waals surface area contributed by atoms with Crippen LogP contribution in [0.5, 0.6) is 11.8 Å². The maximum Gasteiger partial charge on any atom is 0.414 e. The first kappa shape index (κ1) is 23.3. The van der Waals surface area contributed by atoms with Gasteiger partial charge in [0.15, 0.2) is 5.58 Å². The standard InChI is InChI=1S/C26H28N4O4S/c1-29-14-12-19(13-15-29)30(2)34-26-28-21-16-18(6-9-22(21)33-26)27-25(31)24-11-10-23(35-24)17-4-7-20(32-3)8-5-17/h4-11,16,19H,12-15H2,1-3H3,(H,27,31). The summed E-state index contributed by atoms with van der Waals surface area (Å²) in [5.74, 6) is 0.629. The number of benzene rings is 2. The average molecular weight is 493 g/mol. The van der Waals surface area contributed by atoms with Gasteiger partial charge in [-0.1, -0.05) is 0 Å². The molecule has 1 saturated heterocycles. The Balaban J connectivity index is 1.24. The van der Waals surface area contributed by atoms with Crippen molar-refractivity contribution in [2.75, 3.05) is 39.6 Å². The van der Waals surface area contributed by atoms with Crippen LogP contribution in [0, 0.1) is 0 Å². The summed E-state index contributed by atoms with van der Waals surface area (Å²) in [5.41, 5.74) is 2.91. The first-order chi connectivity index (χ1) is 17.0. The van der Waals surface area contributed by atoms with E-state index in [1.54, 1.807) is 25.3 Å². The third-order valence-corrected chi connectivity index (χ3v) is 7.39. The molecule has 2 aromatic heterocycles. The van der Waals surface area contributed by atoms with Gasteiger partial charge in [-0.25, -0.2) is 0 Å². The van der Waals surface area contributed by atoms with Crippen molar-refractivity contribution < 1.29 is 18.8 Å². The summed E-state index contributed by atoms with van der Waals surface area (Å²) in [6.07, 6.45) is 2.27. The number of fused-ring (bicyclic) bond motifs is 1. The molecule has 0 aliphatic carbocycles. The maximum atomic E-state index is 12.8. The maximum absolute atomic E-state index is 12.8. The molecule has 1 aliphatic heterocycles.